The minimum Gasteiger partial charge on any atom is -0.466 e. The molecule has 3 nitrogen and oxygen atoms in total. The zero-order valence-electron chi connectivity index (χ0n) is 11.7. The van der Waals surface area contributed by atoms with Crippen molar-refractivity contribution in [1.29, 1.82) is 0 Å². The molecular formula is C15H17Br2FO3. The Hall–Kier alpha value is -0.750. The maximum absolute atomic E-state index is 14.1. The zero-order valence-corrected chi connectivity index (χ0v) is 14.9. The first-order valence-corrected chi connectivity index (χ1v) is 8.54. The van der Waals surface area contributed by atoms with Gasteiger partial charge in [-0.05, 0) is 46.8 Å². The van der Waals surface area contributed by atoms with Crippen LogP contribution >= 0.6 is 31.9 Å². The van der Waals surface area contributed by atoms with E-state index >= 15 is 0 Å². The number of esters is 1. The molecule has 0 N–H and O–H groups in total. The van der Waals surface area contributed by atoms with Crippen LogP contribution in [-0.4, -0.2) is 23.7 Å². The van der Waals surface area contributed by atoms with Crippen LogP contribution in [0.3, 0.4) is 0 Å². The van der Waals surface area contributed by atoms with Gasteiger partial charge in [-0.3, -0.25) is 9.59 Å². The molecule has 116 valence electrons. The van der Waals surface area contributed by atoms with Crippen LogP contribution < -0.4 is 0 Å². The molecule has 21 heavy (non-hydrogen) atoms. The maximum Gasteiger partial charge on any atom is 0.302 e. The highest BCUT2D eigenvalue weighted by Gasteiger charge is 2.23. The molecule has 0 radical (unpaired) electrons. The first-order valence-electron chi connectivity index (χ1n) is 6.63. The van der Waals surface area contributed by atoms with Gasteiger partial charge in [0.15, 0.2) is 5.78 Å². The fraction of sp³-hybridized carbons (Fsp3) is 0.467. The second kappa shape index (κ2) is 9.30. The Morgan fingerprint density at radius 2 is 2.05 bits per heavy atom. The van der Waals surface area contributed by atoms with Gasteiger partial charge in [-0.1, -0.05) is 28.1 Å². The van der Waals surface area contributed by atoms with Gasteiger partial charge in [0.2, 0.25) is 0 Å². The molecule has 1 atom stereocenters. The molecule has 0 aliphatic heterocycles. The van der Waals surface area contributed by atoms with Crippen molar-refractivity contribution >= 4 is 43.6 Å². The third kappa shape index (κ3) is 5.87. The number of rotatable bonds is 8. The number of hydrogen-bond acceptors (Lipinski definition) is 3. The van der Waals surface area contributed by atoms with E-state index in [-0.39, 0.29) is 17.1 Å². The summed E-state index contributed by atoms with van der Waals surface area (Å²) in [5.41, 5.74) is 0.404. The number of hydrogen-bond donors (Lipinski definition) is 0. The quantitative estimate of drug-likeness (QED) is 0.354. The Labute approximate surface area is 140 Å². The van der Waals surface area contributed by atoms with Crippen molar-refractivity contribution in [3.63, 3.8) is 0 Å². The van der Waals surface area contributed by atoms with E-state index in [0.29, 0.717) is 35.9 Å². The molecular weight excluding hydrogens is 407 g/mol. The van der Waals surface area contributed by atoms with Crippen LogP contribution in [0.15, 0.2) is 22.7 Å². The number of carbonyl (C=O) groups excluding carboxylic acids is 2. The lowest BCUT2D eigenvalue weighted by Gasteiger charge is -2.16. The van der Waals surface area contributed by atoms with Crippen LogP contribution in [0.5, 0.6) is 0 Å². The molecule has 0 fully saturated rings. The summed E-state index contributed by atoms with van der Waals surface area (Å²) in [5.74, 6) is -1.25. The number of carbonyl (C=O) groups is 2. The van der Waals surface area contributed by atoms with Gasteiger partial charge in [0.1, 0.15) is 5.82 Å². The SMILES string of the molecule is CC(=O)OCCCCC(C(=O)CBr)c1cccc(Br)c1F. The van der Waals surface area contributed by atoms with Crippen molar-refractivity contribution in [3.05, 3.63) is 34.1 Å². The van der Waals surface area contributed by atoms with Crippen LogP contribution in [0.1, 0.15) is 37.7 Å². The van der Waals surface area contributed by atoms with Gasteiger partial charge in [0.25, 0.3) is 0 Å². The van der Waals surface area contributed by atoms with Crippen LogP contribution in [0.2, 0.25) is 0 Å². The average molecular weight is 424 g/mol. The van der Waals surface area contributed by atoms with Crippen LogP contribution in [0.4, 0.5) is 4.39 Å². The molecule has 1 aromatic rings. The summed E-state index contributed by atoms with van der Waals surface area (Å²) in [6, 6.07) is 4.96. The Balaban J connectivity index is 2.71. The molecule has 0 spiro atoms. The number of halogens is 3. The highest BCUT2D eigenvalue weighted by atomic mass is 79.9. The van der Waals surface area contributed by atoms with Gasteiger partial charge in [-0.15, -0.1) is 0 Å². The van der Waals surface area contributed by atoms with Gasteiger partial charge < -0.3 is 4.74 Å². The van der Waals surface area contributed by atoms with Crippen molar-refractivity contribution in [1.82, 2.24) is 0 Å². The predicted molar refractivity (Wildman–Crippen MR) is 86.1 cm³/mol. The number of benzene rings is 1. The molecule has 1 rings (SSSR count). The minimum absolute atomic E-state index is 0.0560. The first-order chi connectivity index (χ1) is 9.97. The Morgan fingerprint density at radius 1 is 1.33 bits per heavy atom. The Bertz CT molecular complexity index is 506. The zero-order chi connectivity index (χ0) is 15.8. The van der Waals surface area contributed by atoms with Crippen molar-refractivity contribution in [2.75, 3.05) is 11.9 Å². The van der Waals surface area contributed by atoms with E-state index < -0.39 is 11.7 Å². The maximum atomic E-state index is 14.1. The second-order valence-electron chi connectivity index (χ2n) is 4.63. The highest BCUT2D eigenvalue weighted by Crippen LogP contribution is 2.29. The summed E-state index contributed by atoms with van der Waals surface area (Å²) in [7, 11) is 0. The van der Waals surface area contributed by atoms with Gasteiger partial charge in [0.05, 0.1) is 16.4 Å². The number of unbranched alkanes of at least 4 members (excludes halogenated alkanes) is 1. The monoisotopic (exact) mass is 422 g/mol. The third-order valence-corrected chi connectivity index (χ3v) is 4.23. The molecule has 0 aliphatic carbocycles. The lowest BCUT2D eigenvalue weighted by molar-refractivity contribution is -0.141. The summed E-state index contributed by atoms with van der Waals surface area (Å²) in [5, 5.41) is 0.188. The topological polar surface area (TPSA) is 43.4 Å². The van der Waals surface area contributed by atoms with E-state index in [1.165, 1.54) is 6.92 Å². The van der Waals surface area contributed by atoms with Gasteiger partial charge in [-0.2, -0.15) is 0 Å². The molecule has 6 heteroatoms. The summed E-state index contributed by atoms with van der Waals surface area (Å²) in [4.78, 5) is 22.7. The van der Waals surface area contributed by atoms with E-state index in [0.717, 1.165) is 0 Å². The molecule has 0 amide bonds. The number of ketones is 1. The van der Waals surface area contributed by atoms with Crippen molar-refractivity contribution in [2.24, 2.45) is 0 Å². The van der Waals surface area contributed by atoms with E-state index in [1.807, 2.05) is 0 Å². The third-order valence-electron chi connectivity index (χ3n) is 3.07. The highest BCUT2D eigenvalue weighted by molar-refractivity contribution is 9.10. The summed E-state index contributed by atoms with van der Waals surface area (Å²) < 4.78 is 19.3. The lowest BCUT2D eigenvalue weighted by Crippen LogP contribution is -2.16. The van der Waals surface area contributed by atoms with Crippen molar-refractivity contribution < 1.29 is 18.7 Å². The van der Waals surface area contributed by atoms with Crippen LogP contribution in [0.25, 0.3) is 0 Å². The molecule has 0 aliphatic rings. The van der Waals surface area contributed by atoms with Crippen molar-refractivity contribution in [3.8, 4) is 0 Å². The molecule has 0 heterocycles. The van der Waals surface area contributed by atoms with Gasteiger partial charge in [0, 0.05) is 12.8 Å². The number of ether oxygens (including phenoxy) is 1. The average Bonchev–Trinajstić information content (AvgIpc) is 2.45. The lowest BCUT2D eigenvalue weighted by atomic mass is 9.90. The largest absolute Gasteiger partial charge is 0.466 e. The molecule has 0 aromatic heterocycles. The van der Waals surface area contributed by atoms with E-state index in [2.05, 4.69) is 31.9 Å². The first kappa shape index (κ1) is 18.3. The molecule has 1 aromatic carbocycles. The molecule has 0 saturated heterocycles. The molecule has 0 bridgehead atoms. The number of Topliss-reactive ketones (excluding diaryl/α,β-unsaturated/α-hetero) is 1. The molecule has 1 unspecified atom stereocenters. The fourth-order valence-corrected chi connectivity index (χ4v) is 2.81. The summed E-state index contributed by atoms with van der Waals surface area (Å²) in [6.45, 7) is 1.68. The summed E-state index contributed by atoms with van der Waals surface area (Å²) in [6.07, 6.45) is 1.86. The minimum atomic E-state index is -0.487. The molecule has 0 saturated carbocycles. The van der Waals surface area contributed by atoms with E-state index in [4.69, 9.17) is 4.74 Å². The normalized spacial score (nSPS) is 12.0. The smallest absolute Gasteiger partial charge is 0.302 e. The predicted octanol–water partition coefficient (Wildman–Crippen LogP) is 4.37. The Kier molecular flexibility index (Phi) is 8.11. The van der Waals surface area contributed by atoms with E-state index in [1.54, 1.807) is 18.2 Å². The standard InChI is InChI=1S/C15H17Br2FO3/c1-10(19)21-8-3-2-5-11(14(20)9-16)12-6-4-7-13(17)15(12)18/h4,6-7,11H,2-3,5,8-9H2,1H3. The van der Waals surface area contributed by atoms with Gasteiger partial charge >= 0.3 is 5.97 Å². The Morgan fingerprint density at radius 3 is 2.67 bits per heavy atom. The van der Waals surface area contributed by atoms with Crippen LogP contribution in [0, 0.1) is 5.82 Å². The van der Waals surface area contributed by atoms with E-state index in [9.17, 15) is 14.0 Å². The van der Waals surface area contributed by atoms with Gasteiger partial charge in [-0.25, -0.2) is 4.39 Å². The van der Waals surface area contributed by atoms with Crippen LogP contribution in [-0.2, 0) is 14.3 Å². The number of alkyl halides is 1. The fourth-order valence-electron chi connectivity index (χ4n) is 2.04. The van der Waals surface area contributed by atoms with Crippen molar-refractivity contribution in [2.45, 2.75) is 32.1 Å². The second-order valence-corrected chi connectivity index (χ2v) is 6.05. The summed E-state index contributed by atoms with van der Waals surface area (Å²) >= 11 is 6.28.